The topological polar surface area (TPSA) is 76.9 Å². The Morgan fingerprint density at radius 1 is 1.04 bits per heavy atom. The molecule has 0 aromatic heterocycles. The molecule has 7 heteroatoms. The van der Waals surface area contributed by atoms with Crippen molar-refractivity contribution >= 4 is 12.0 Å². The number of rotatable bonds is 2. The third kappa shape index (κ3) is 4.55. The van der Waals surface area contributed by atoms with Gasteiger partial charge in [-0.25, -0.2) is 4.79 Å². The van der Waals surface area contributed by atoms with Gasteiger partial charge in [0.25, 0.3) is 0 Å². The molecule has 0 saturated carbocycles. The molecule has 3 unspecified atom stereocenters. The third-order valence-electron chi connectivity index (χ3n) is 5.78. The standard InChI is InChI=1S/C20H32N4O3/c1-20(2,3)27-19(26)24-14-16(22-9-5-4-6-10-22)12-17(24)18(25)23-11-7-8-15(23)13-21/h15-17H,4-12,14H2,1-3H3. The number of likely N-dealkylation sites (tertiary alicyclic amines) is 3. The van der Waals surface area contributed by atoms with E-state index in [0.29, 0.717) is 19.5 Å². The molecular weight excluding hydrogens is 344 g/mol. The van der Waals surface area contributed by atoms with Crippen LogP contribution in [0.3, 0.4) is 0 Å². The van der Waals surface area contributed by atoms with E-state index in [-0.39, 0.29) is 18.0 Å². The van der Waals surface area contributed by atoms with Gasteiger partial charge < -0.3 is 9.64 Å². The van der Waals surface area contributed by atoms with Gasteiger partial charge in [0.1, 0.15) is 17.7 Å². The summed E-state index contributed by atoms with van der Waals surface area (Å²) in [6.45, 7) is 8.70. The summed E-state index contributed by atoms with van der Waals surface area (Å²) >= 11 is 0. The van der Waals surface area contributed by atoms with Crippen LogP contribution >= 0.6 is 0 Å². The fourth-order valence-electron chi connectivity index (χ4n) is 4.47. The number of ether oxygens (including phenoxy) is 1. The number of nitrogens with zero attached hydrogens (tertiary/aromatic N) is 4. The molecule has 0 radical (unpaired) electrons. The molecule has 3 saturated heterocycles. The molecule has 7 nitrogen and oxygen atoms in total. The van der Waals surface area contributed by atoms with E-state index >= 15 is 0 Å². The summed E-state index contributed by atoms with van der Waals surface area (Å²) in [5.41, 5.74) is -0.600. The lowest BCUT2D eigenvalue weighted by Crippen LogP contribution is -2.50. The van der Waals surface area contributed by atoms with Crippen LogP contribution in [-0.2, 0) is 9.53 Å². The van der Waals surface area contributed by atoms with Gasteiger partial charge in [0.15, 0.2) is 0 Å². The fourth-order valence-corrected chi connectivity index (χ4v) is 4.47. The first-order valence-corrected chi connectivity index (χ1v) is 10.2. The van der Waals surface area contributed by atoms with Crippen molar-refractivity contribution < 1.29 is 14.3 Å². The van der Waals surface area contributed by atoms with E-state index in [1.807, 2.05) is 20.8 Å². The number of piperidine rings is 1. The summed E-state index contributed by atoms with van der Waals surface area (Å²) in [5, 5.41) is 9.35. The normalized spacial score (nSPS) is 29.6. The first-order chi connectivity index (χ1) is 12.8. The van der Waals surface area contributed by atoms with Crippen LogP contribution in [0, 0.1) is 11.3 Å². The fraction of sp³-hybridized carbons (Fsp3) is 0.850. The first kappa shape index (κ1) is 19.9. The highest BCUT2D eigenvalue weighted by Gasteiger charge is 2.46. The Balaban J connectivity index is 1.77. The van der Waals surface area contributed by atoms with Crippen molar-refractivity contribution in [2.24, 2.45) is 0 Å². The van der Waals surface area contributed by atoms with Crippen LogP contribution in [0.1, 0.15) is 59.3 Å². The average Bonchev–Trinajstić information content (AvgIpc) is 3.27. The highest BCUT2D eigenvalue weighted by molar-refractivity contribution is 5.87. The minimum absolute atomic E-state index is 0.0931. The van der Waals surface area contributed by atoms with Gasteiger partial charge in [0.2, 0.25) is 5.91 Å². The van der Waals surface area contributed by atoms with E-state index in [1.54, 1.807) is 9.80 Å². The Kier molecular flexibility index (Phi) is 5.95. The summed E-state index contributed by atoms with van der Waals surface area (Å²) < 4.78 is 5.59. The van der Waals surface area contributed by atoms with Gasteiger partial charge in [0.05, 0.1) is 6.07 Å². The molecule has 0 aliphatic carbocycles. The second kappa shape index (κ2) is 8.05. The lowest BCUT2D eigenvalue weighted by molar-refractivity contribution is -0.135. The van der Waals surface area contributed by atoms with Crippen LogP contribution in [-0.4, -0.2) is 76.6 Å². The molecule has 0 aromatic carbocycles. The average molecular weight is 377 g/mol. The van der Waals surface area contributed by atoms with Gasteiger partial charge >= 0.3 is 6.09 Å². The molecule has 27 heavy (non-hydrogen) atoms. The van der Waals surface area contributed by atoms with Crippen molar-refractivity contribution in [3.63, 3.8) is 0 Å². The van der Waals surface area contributed by atoms with Gasteiger partial charge in [-0.2, -0.15) is 5.26 Å². The van der Waals surface area contributed by atoms with Gasteiger partial charge in [-0.15, -0.1) is 0 Å². The van der Waals surface area contributed by atoms with E-state index in [9.17, 15) is 14.9 Å². The maximum absolute atomic E-state index is 13.2. The number of amides is 2. The molecular formula is C20H32N4O3. The zero-order valence-electron chi connectivity index (χ0n) is 16.8. The highest BCUT2D eigenvalue weighted by atomic mass is 16.6. The summed E-state index contributed by atoms with van der Waals surface area (Å²) in [5.74, 6) is -0.0931. The van der Waals surface area contributed by atoms with Crippen molar-refractivity contribution in [2.45, 2.75) is 83.0 Å². The molecule has 3 aliphatic heterocycles. The Morgan fingerprint density at radius 3 is 2.37 bits per heavy atom. The molecule has 0 N–H and O–H groups in total. The molecule has 150 valence electrons. The SMILES string of the molecule is CC(C)(C)OC(=O)N1CC(N2CCCCC2)CC1C(=O)N1CCCC1C#N. The second-order valence-electron chi connectivity index (χ2n) is 8.95. The summed E-state index contributed by atoms with van der Waals surface area (Å²) in [6.07, 6.45) is 5.36. The Hall–Kier alpha value is -1.81. The van der Waals surface area contributed by atoms with E-state index in [0.717, 1.165) is 25.9 Å². The van der Waals surface area contributed by atoms with Crippen molar-refractivity contribution in [1.29, 1.82) is 5.26 Å². The van der Waals surface area contributed by atoms with Crippen LogP contribution in [0.15, 0.2) is 0 Å². The predicted octanol–water partition coefficient (Wildman–Crippen LogP) is 2.36. The molecule has 2 amide bonds. The van der Waals surface area contributed by atoms with Gasteiger partial charge in [-0.3, -0.25) is 14.6 Å². The first-order valence-electron chi connectivity index (χ1n) is 10.2. The van der Waals surface area contributed by atoms with Crippen molar-refractivity contribution in [2.75, 3.05) is 26.2 Å². The van der Waals surface area contributed by atoms with Crippen LogP contribution in [0.2, 0.25) is 0 Å². The van der Waals surface area contributed by atoms with Crippen molar-refractivity contribution in [1.82, 2.24) is 14.7 Å². The van der Waals surface area contributed by atoms with Crippen LogP contribution < -0.4 is 0 Å². The maximum Gasteiger partial charge on any atom is 0.411 e. The number of carbonyl (C=O) groups excluding carboxylic acids is 2. The molecule has 0 spiro atoms. The van der Waals surface area contributed by atoms with E-state index in [1.165, 1.54) is 19.3 Å². The highest BCUT2D eigenvalue weighted by Crippen LogP contribution is 2.30. The summed E-state index contributed by atoms with van der Waals surface area (Å²) in [4.78, 5) is 31.7. The molecule has 3 heterocycles. The zero-order valence-corrected chi connectivity index (χ0v) is 16.8. The molecule has 3 rings (SSSR count). The lowest BCUT2D eigenvalue weighted by atomic mass is 10.1. The molecule has 0 bridgehead atoms. The zero-order chi connectivity index (χ0) is 19.6. The molecule has 3 aliphatic rings. The molecule has 3 fully saturated rings. The smallest absolute Gasteiger partial charge is 0.411 e. The van der Waals surface area contributed by atoms with Crippen LogP contribution in [0.25, 0.3) is 0 Å². The van der Waals surface area contributed by atoms with Crippen molar-refractivity contribution in [3.8, 4) is 6.07 Å². The van der Waals surface area contributed by atoms with E-state index in [4.69, 9.17) is 4.74 Å². The molecule has 0 aromatic rings. The van der Waals surface area contributed by atoms with Crippen molar-refractivity contribution in [3.05, 3.63) is 0 Å². The quantitative estimate of drug-likeness (QED) is 0.739. The van der Waals surface area contributed by atoms with Crippen LogP contribution in [0.4, 0.5) is 4.79 Å². The van der Waals surface area contributed by atoms with Gasteiger partial charge in [0, 0.05) is 19.1 Å². The summed E-state index contributed by atoms with van der Waals surface area (Å²) in [7, 11) is 0. The molecule has 3 atom stereocenters. The Morgan fingerprint density at radius 2 is 1.74 bits per heavy atom. The monoisotopic (exact) mass is 376 g/mol. The van der Waals surface area contributed by atoms with E-state index < -0.39 is 17.7 Å². The summed E-state index contributed by atoms with van der Waals surface area (Å²) in [6, 6.07) is 1.53. The third-order valence-corrected chi connectivity index (χ3v) is 5.78. The Labute approximate surface area is 162 Å². The largest absolute Gasteiger partial charge is 0.444 e. The lowest BCUT2D eigenvalue weighted by Gasteiger charge is -2.32. The van der Waals surface area contributed by atoms with E-state index in [2.05, 4.69) is 11.0 Å². The number of hydrogen-bond donors (Lipinski definition) is 0. The maximum atomic E-state index is 13.2. The number of carbonyl (C=O) groups is 2. The Bertz CT molecular complexity index is 603. The predicted molar refractivity (Wildman–Crippen MR) is 101 cm³/mol. The van der Waals surface area contributed by atoms with Gasteiger partial charge in [-0.1, -0.05) is 6.42 Å². The number of hydrogen-bond acceptors (Lipinski definition) is 5. The second-order valence-corrected chi connectivity index (χ2v) is 8.95. The van der Waals surface area contributed by atoms with Crippen LogP contribution in [0.5, 0.6) is 0 Å². The van der Waals surface area contributed by atoms with Gasteiger partial charge in [-0.05, 0) is 66.0 Å². The minimum Gasteiger partial charge on any atom is -0.444 e. The number of nitriles is 1. The minimum atomic E-state index is -0.600.